The molecule has 4 nitrogen and oxygen atoms in total. The predicted molar refractivity (Wildman–Crippen MR) is 79.1 cm³/mol. The molecule has 0 bridgehead atoms. The standard InChI is InChI=1S/C15H27N3O/c1-15(2,3)17-10-14(12-19-5)18(4)11-13-6-8-16-9-7-13/h6-9,14,17H,10-12H2,1-5H3. The zero-order valence-electron chi connectivity index (χ0n) is 12.8. The lowest BCUT2D eigenvalue weighted by Crippen LogP contribution is -2.48. The van der Waals surface area contributed by atoms with Gasteiger partial charge in [0.15, 0.2) is 0 Å². The largest absolute Gasteiger partial charge is 0.383 e. The first-order chi connectivity index (χ1) is 8.92. The molecule has 0 radical (unpaired) electrons. The highest BCUT2D eigenvalue weighted by molar-refractivity contribution is 5.09. The van der Waals surface area contributed by atoms with E-state index in [9.17, 15) is 0 Å². The fraction of sp³-hybridized carbons (Fsp3) is 0.667. The molecule has 0 saturated heterocycles. The molecule has 19 heavy (non-hydrogen) atoms. The van der Waals surface area contributed by atoms with Crippen molar-refractivity contribution in [1.82, 2.24) is 15.2 Å². The van der Waals surface area contributed by atoms with Crippen LogP contribution in [0.25, 0.3) is 0 Å². The summed E-state index contributed by atoms with van der Waals surface area (Å²) in [6.45, 7) is 9.09. The van der Waals surface area contributed by atoms with E-state index in [-0.39, 0.29) is 5.54 Å². The molecule has 1 heterocycles. The number of hydrogen-bond acceptors (Lipinski definition) is 4. The molecule has 0 aliphatic carbocycles. The number of methoxy groups -OCH3 is 1. The zero-order chi connectivity index (χ0) is 14.3. The van der Waals surface area contributed by atoms with Crippen LogP contribution in [0.1, 0.15) is 26.3 Å². The van der Waals surface area contributed by atoms with Gasteiger partial charge in [0.1, 0.15) is 0 Å². The van der Waals surface area contributed by atoms with Crippen molar-refractivity contribution in [2.24, 2.45) is 0 Å². The third-order valence-electron chi connectivity index (χ3n) is 3.03. The van der Waals surface area contributed by atoms with E-state index >= 15 is 0 Å². The van der Waals surface area contributed by atoms with E-state index in [2.05, 4.69) is 55.2 Å². The van der Waals surface area contributed by atoms with Crippen LogP contribution in [0.2, 0.25) is 0 Å². The van der Waals surface area contributed by atoms with Crippen molar-refractivity contribution in [1.29, 1.82) is 0 Å². The van der Waals surface area contributed by atoms with Gasteiger partial charge in [0, 0.05) is 44.2 Å². The van der Waals surface area contributed by atoms with Gasteiger partial charge in [-0.3, -0.25) is 9.88 Å². The fourth-order valence-corrected chi connectivity index (χ4v) is 1.86. The third-order valence-corrected chi connectivity index (χ3v) is 3.03. The number of aromatic nitrogens is 1. The van der Waals surface area contributed by atoms with Gasteiger partial charge in [-0.15, -0.1) is 0 Å². The summed E-state index contributed by atoms with van der Waals surface area (Å²) in [6, 6.07) is 4.46. The average molecular weight is 265 g/mol. The van der Waals surface area contributed by atoms with Gasteiger partial charge in [-0.1, -0.05) is 0 Å². The van der Waals surface area contributed by atoms with E-state index in [1.54, 1.807) is 7.11 Å². The van der Waals surface area contributed by atoms with Crippen LogP contribution in [-0.4, -0.2) is 48.8 Å². The molecule has 1 N–H and O–H groups in total. The number of likely N-dealkylation sites (N-methyl/N-ethyl adjacent to an activating group) is 1. The minimum absolute atomic E-state index is 0.128. The van der Waals surface area contributed by atoms with Crippen molar-refractivity contribution in [2.75, 3.05) is 27.3 Å². The van der Waals surface area contributed by atoms with Gasteiger partial charge in [0.25, 0.3) is 0 Å². The SMILES string of the molecule is COCC(CNC(C)(C)C)N(C)Cc1ccncc1. The Labute approximate surface area is 117 Å². The van der Waals surface area contributed by atoms with E-state index in [1.165, 1.54) is 5.56 Å². The monoisotopic (exact) mass is 265 g/mol. The number of rotatable bonds is 7. The first kappa shape index (κ1) is 16.1. The Kier molecular flexibility index (Phi) is 6.42. The molecular weight excluding hydrogens is 238 g/mol. The molecule has 0 fully saturated rings. The van der Waals surface area contributed by atoms with Crippen LogP contribution in [-0.2, 0) is 11.3 Å². The summed E-state index contributed by atoms with van der Waals surface area (Å²) in [4.78, 5) is 6.36. The van der Waals surface area contributed by atoms with Crippen molar-refractivity contribution >= 4 is 0 Å². The van der Waals surface area contributed by atoms with Crippen LogP contribution in [0.5, 0.6) is 0 Å². The number of hydrogen-bond donors (Lipinski definition) is 1. The highest BCUT2D eigenvalue weighted by atomic mass is 16.5. The van der Waals surface area contributed by atoms with E-state index < -0.39 is 0 Å². The summed E-state index contributed by atoms with van der Waals surface area (Å²) >= 11 is 0. The number of pyridine rings is 1. The van der Waals surface area contributed by atoms with Crippen LogP contribution >= 0.6 is 0 Å². The Morgan fingerprint density at radius 2 is 1.95 bits per heavy atom. The molecule has 1 unspecified atom stereocenters. The first-order valence-electron chi connectivity index (χ1n) is 6.75. The minimum Gasteiger partial charge on any atom is -0.383 e. The summed E-state index contributed by atoms with van der Waals surface area (Å²) in [5, 5.41) is 3.54. The maximum Gasteiger partial charge on any atom is 0.0630 e. The average Bonchev–Trinajstić information content (AvgIpc) is 2.34. The van der Waals surface area contributed by atoms with Crippen molar-refractivity contribution in [3.8, 4) is 0 Å². The Morgan fingerprint density at radius 3 is 2.47 bits per heavy atom. The van der Waals surface area contributed by atoms with Gasteiger partial charge in [-0.05, 0) is 45.5 Å². The second-order valence-electron chi connectivity index (χ2n) is 6.01. The van der Waals surface area contributed by atoms with Crippen molar-refractivity contribution in [2.45, 2.75) is 38.9 Å². The topological polar surface area (TPSA) is 37.4 Å². The first-order valence-corrected chi connectivity index (χ1v) is 6.75. The molecule has 0 aliphatic heterocycles. The molecule has 1 rings (SSSR count). The molecule has 1 aromatic rings. The van der Waals surface area contributed by atoms with Crippen LogP contribution in [0.4, 0.5) is 0 Å². The predicted octanol–water partition coefficient (Wildman–Crippen LogP) is 1.92. The number of ether oxygens (including phenoxy) is 1. The lowest BCUT2D eigenvalue weighted by Gasteiger charge is -2.31. The minimum atomic E-state index is 0.128. The molecular formula is C15H27N3O. The highest BCUT2D eigenvalue weighted by Gasteiger charge is 2.18. The van der Waals surface area contributed by atoms with E-state index in [4.69, 9.17) is 4.74 Å². The molecule has 0 aromatic carbocycles. The Balaban J connectivity index is 2.54. The van der Waals surface area contributed by atoms with Crippen molar-refractivity contribution in [3.05, 3.63) is 30.1 Å². The molecule has 0 saturated carbocycles. The highest BCUT2D eigenvalue weighted by Crippen LogP contribution is 2.07. The molecule has 1 aromatic heterocycles. The molecule has 0 spiro atoms. The van der Waals surface area contributed by atoms with Gasteiger partial charge < -0.3 is 10.1 Å². The smallest absolute Gasteiger partial charge is 0.0630 e. The van der Waals surface area contributed by atoms with Crippen molar-refractivity contribution in [3.63, 3.8) is 0 Å². The van der Waals surface area contributed by atoms with Crippen LogP contribution in [0.3, 0.4) is 0 Å². The van der Waals surface area contributed by atoms with E-state index in [1.807, 2.05) is 12.4 Å². The molecule has 1 atom stereocenters. The van der Waals surface area contributed by atoms with E-state index in [0.29, 0.717) is 6.04 Å². The Hall–Kier alpha value is -0.970. The maximum absolute atomic E-state index is 5.33. The van der Waals surface area contributed by atoms with Gasteiger partial charge in [0.2, 0.25) is 0 Å². The summed E-state index contributed by atoms with van der Waals surface area (Å²) in [5.74, 6) is 0. The summed E-state index contributed by atoms with van der Waals surface area (Å²) in [7, 11) is 3.89. The summed E-state index contributed by atoms with van der Waals surface area (Å²) < 4.78 is 5.33. The fourth-order valence-electron chi connectivity index (χ4n) is 1.86. The molecule has 0 aliphatic rings. The third kappa shape index (κ3) is 6.66. The molecule has 4 heteroatoms. The van der Waals surface area contributed by atoms with Crippen LogP contribution in [0.15, 0.2) is 24.5 Å². The van der Waals surface area contributed by atoms with Gasteiger partial charge in [-0.25, -0.2) is 0 Å². The van der Waals surface area contributed by atoms with Gasteiger partial charge >= 0.3 is 0 Å². The molecule has 0 amide bonds. The van der Waals surface area contributed by atoms with E-state index in [0.717, 1.165) is 19.7 Å². The van der Waals surface area contributed by atoms with Gasteiger partial charge in [0.05, 0.1) is 6.61 Å². The zero-order valence-corrected chi connectivity index (χ0v) is 12.8. The van der Waals surface area contributed by atoms with Crippen LogP contribution < -0.4 is 5.32 Å². The lowest BCUT2D eigenvalue weighted by atomic mass is 10.1. The maximum atomic E-state index is 5.33. The Bertz CT molecular complexity index is 348. The normalized spacial score (nSPS) is 13.8. The second-order valence-corrected chi connectivity index (χ2v) is 6.01. The second kappa shape index (κ2) is 7.58. The number of nitrogens with one attached hydrogen (secondary N) is 1. The van der Waals surface area contributed by atoms with Crippen LogP contribution in [0, 0.1) is 0 Å². The lowest BCUT2D eigenvalue weighted by molar-refractivity contribution is 0.0972. The summed E-state index contributed by atoms with van der Waals surface area (Å²) in [5.41, 5.74) is 1.40. The quantitative estimate of drug-likeness (QED) is 0.817. The molecule has 108 valence electrons. The Morgan fingerprint density at radius 1 is 1.32 bits per heavy atom. The summed E-state index contributed by atoms with van der Waals surface area (Å²) in [6.07, 6.45) is 3.67. The van der Waals surface area contributed by atoms with Gasteiger partial charge in [-0.2, -0.15) is 0 Å². The van der Waals surface area contributed by atoms with Crippen molar-refractivity contribution < 1.29 is 4.74 Å². The number of nitrogens with zero attached hydrogens (tertiary/aromatic N) is 2.